The zero-order valence-electron chi connectivity index (χ0n) is 21.3. The van der Waals surface area contributed by atoms with Crippen molar-refractivity contribution in [3.63, 3.8) is 0 Å². The van der Waals surface area contributed by atoms with Crippen LogP contribution < -0.4 is 5.32 Å². The first-order valence-corrected chi connectivity index (χ1v) is 11.1. The molecule has 1 heterocycles. The van der Waals surface area contributed by atoms with E-state index in [1.54, 1.807) is 0 Å². The quantitative estimate of drug-likeness (QED) is 0.205. The van der Waals surface area contributed by atoms with Crippen LogP contribution in [-0.4, -0.2) is 92.0 Å². The van der Waals surface area contributed by atoms with Gasteiger partial charge in [0.2, 0.25) is 12.1 Å². The van der Waals surface area contributed by atoms with Gasteiger partial charge < -0.3 is 33.7 Å². The van der Waals surface area contributed by atoms with Gasteiger partial charge in [0, 0.05) is 40.5 Å². The summed E-state index contributed by atoms with van der Waals surface area (Å²) >= 11 is 0. The third kappa shape index (κ3) is 8.65. The van der Waals surface area contributed by atoms with E-state index in [2.05, 4.69) is 16.0 Å². The molecule has 0 aromatic rings. The van der Waals surface area contributed by atoms with Gasteiger partial charge in [0.1, 0.15) is 12.7 Å². The van der Waals surface area contributed by atoms with Gasteiger partial charge in [0.05, 0.1) is 13.2 Å². The molecule has 0 aromatic carbocycles. The maximum Gasteiger partial charge on any atom is 0.375 e. The molecule has 0 aromatic heterocycles. The molecule has 0 aliphatic carbocycles. The molecule has 7 atom stereocenters. The van der Waals surface area contributed by atoms with Crippen molar-refractivity contribution in [3.8, 4) is 12.3 Å². The molecule has 38 heavy (non-hydrogen) atoms. The van der Waals surface area contributed by atoms with Crippen LogP contribution in [0.5, 0.6) is 0 Å². The van der Waals surface area contributed by atoms with Crippen LogP contribution in [0.1, 0.15) is 40.5 Å². The summed E-state index contributed by atoms with van der Waals surface area (Å²) in [5, 5.41) is 2.28. The molecule has 15 heteroatoms. The zero-order chi connectivity index (χ0) is 29.2. The zero-order valence-corrected chi connectivity index (χ0v) is 21.3. The largest absolute Gasteiger partial charge is 0.465 e. The van der Waals surface area contributed by atoms with Gasteiger partial charge >= 0.3 is 35.7 Å². The van der Waals surface area contributed by atoms with Gasteiger partial charge in [-0.1, -0.05) is 0 Å². The van der Waals surface area contributed by atoms with Crippen molar-refractivity contribution in [3.05, 3.63) is 0 Å². The van der Waals surface area contributed by atoms with E-state index in [9.17, 15) is 28.8 Å². The molecule has 1 fully saturated rings. The van der Waals surface area contributed by atoms with E-state index in [1.807, 2.05) is 0 Å². The fourth-order valence-corrected chi connectivity index (χ4v) is 3.58. The van der Waals surface area contributed by atoms with Crippen molar-refractivity contribution in [1.29, 1.82) is 0 Å². The van der Waals surface area contributed by atoms with Gasteiger partial charge in [-0.3, -0.25) is 24.0 Å². The van der Waals surface area contributed by atoms with Gasteiger partial charge in [-0.05, 0) is 0 Å². The molecule has 0 bridgehead atoms. The number of rotatable bonds is 11. The van der Waals surface area contributed by atoms with Crippen LogP contribution in [0.2, 0.25) is 0 Å². The number of ether oxygens (including phenoxy) is 6. The van der Waals surface area contributed by atoms with Gasteiger partial charge in [-0.25, -0.2) is 9.18 Å². The lowest BCUT2D eigenvalue weighted by molar-refractivity contribution is -0.298. The highest BCUT2D eigenvalue weighted by atomic mass is 19.2. The SMILES string of the molecule is C#CCCC(=O)NC1C(OC(C)=O)C(F)C(F)(C(=O)OC)OC1[C@H](OC(C)=O)[C@@H](COC(C)=O)OC(C)=O. The van der Waals surface area contributed by atoms with E-state index in [0.29, 0.717) is 0 Å². The van der Waals surface area contributed by atoms with Crippen LogP contribution in [0.25, 0.3) is 0 Å². The Kier molecular flexibility index (Phi) is 12.1. The van der Waals surface area contributed by atoms with Crippen LogP contribution in [0, 0.1) is 12.3 Å². The van der Waals surface area contributed by atoms with E-state index >= 15 is 8.78 Å². The maximum atomic E-state index is 15.8. The van der Waals surface area contributed by atoms with Crippen molar-refractivity contribution in [2.75, 3.05) is 13.7 Å². The highest BCUT2D eigenvalue weighted by molar-refractivity contribution is 5.80. The van der Waals surface area contributed by atoms with E-state index in [-0.39, 0.29) is 12.8 Å². The third-order valence-electron chi connectivity index (χ3n) is 5.01. The van der Waals surface area contributed by atoms with Gasteiger partial charge in [-0.2, -0.15) is 4.39 Å². The third-order valence-corrected chi connectivity index (χ3v) is 5.01. The van der Waals surface area contributed by atoms with E-state index in [0.717, 1.165) is 34.8 Å². The van der Waals surface area contributed by atoms with Crippen molar-refractivity contribution in [2.45, 2.75) is 83.0 Å². The number of hydrogen-bond donors (Lipinski definition) is 1. The minimum Gasteiger partial charge on any atom is -0.465 e. The normalized spacial score (nSPS) is 25.9. The topological polar surface area (TPSA) is 170 Å². The van der Waals surface area contributed by atoms with Crippen LogP contribution in [0.4, 0.5) is 8.78 Å². The molecule has 1 aliphatic rings. The number of hydrogen-bond acceptors (Lipinski definition) is 12. The van der Waals surface area contributed by atoms with Gasteiger partial charge in [0.15, 0.2) is 18.3 Å². The van der Waals surface area contributed by atoms with Gasteiger partial charge in [0.25, 0.3) is 0 Å². The molecule has 1 rings (SSSR count). The first-order valence-electron chi connectivity index (χ1n) is 11.1. The molecule has 0 spiro atoms. The molecule has 1 amide bonds. The molecule has 13 nitrogen and oxygen atoms in total. The number of carbonyl (C=O) groups is 6. The highest BCUT2D eigenvalue weighted by Crippen LogP contribution is 2.39. The number of alkyl halides is 2. The van der Waals surface area contributed by atoms with Crippen LogP contribution in [0.3, 0.4) is 0 Å². The number of esters is 5. The summed E-state index contributed by atoms with van der Waals surface area (Å²) in [5.74, 6) is -8.54. The number of nitrogens with one attached hydrogen (secondary N) is 1. The minimum absolute atomic E-state index is 0.0769. The summed E-state index contributed by atoms with van der Waals surface area (Å²) < 4.78 is 60.8. The fourth-order valence-electron chi connectivity index (χ4n) is 3.58. The number of carbonyl (C=O) groups excluding carboxylic acids is 6. The van der Waals surface area contributed by atoms with E-state index in [4.69, 9.17) is 30.1 Å². The van der Waals surface area contributed by atoms with E-state index in [1.165, 1.54) is 0 Å². The molecule has 1 aliphatic heterocycles. The highest BCUT2D eigenvalue weighted by Gasteiger charge is 2.65. The van der Waals surface area contributed by atoms with Crippen molar-refractivity contribution in [1.82, 2.24) is 5.32 Å². The van der Waals surface area contributed by atoms with Crippen molar-refractivity contribution < 1.29 is 66.0 Å². The lowest BCUT2D eigenvalue weighted by Crippen LogP contribution is -2.72. The number of halogens is 2. The van der Waals surface area contributed by atoms with Crippen LogP contribution in [-0.2, 0) is 57.2 Å². The Labute approximate surface area is 216 Å². The summed E-state index contributed by atoms with van der Waals surface area (Å²) in [7, 11) is 0.717. The maximum absolute atomic E-state index is 15.8. The van der Waals surface area contributed by atoms with Crippen LogP contribution >= 0.6 is 0 Å². The average molecular weight is 549 g/mol. The Bertz CT molecular complexity index is 967. The van der Waals surface area contributed by atoms with Crippen LogP contribution in [0.15, 0.2) is 0 Å². The summed E-state index contributed by atoms with van der Waals surface area (Å²) in [6, 6.07) is -1.85. The average Bonchev–Trinajstić information content (AvgIpc) is 2.82. The number of amides is 1. The molecule has 5 unspecified atom stereocenters. The Balaban J connectivity index is 3.79. The van der Waals surface area contributed by atoms with Gasteiger partial charge in [-0.15, -0.1) is 12.3 Å². The van der Waals surface area contributed by atoms with Crippen molar-refractivity contribution in [2.24, 2.45) is 0 Å². The molecule has 1 saturated heterocycles. The Hall–Kier alpha value is -3.80. The summed E-state index contributed by atoms with van der Waals surface area (Å²) in [6.45, 7) is 2.92. The molecule has 212 valence electrons. The Morgan fingerprint density at radius 3 is 2.11 bits per heavy atom. The molecule has 0 radical (unpaired) electrons. The predicted molar refractivity (Wildman–Crippen MR) is 119 cm³/mol. The molecule has 0 saturated carbocycles. The monoisotopic (exact) mass is 549 g/mol. The Morgan fingerprint density at radius 1 is 1.03 bits per heavy atom. The minimum atomic E-state index is -3.96. The molecule has 1 N–H and O–H groups in total. The lowest BCUT2D eigenvalue weighted by atomic mass is 9.87. The predicted octanol–water partition coefficient (Wildman–Crippen LogP) is -0.181. The summed E-state index contributed by atoms with van der Waals surface area (Å²) in [6.07, 6.45) is -6.34. The number of methoxy groups -OCH3 is 1. The standard InChI is InChI=1S/C23H29F2NO12/c1-7-8-9-16(31)26-17-19(18(36-13(4)29)15(35-12(3)28)10-34-11(2)27)38-23(25,22(32)33-6)21(24)20(17)37-14(5)30/h1,15,17-21H,8-10H2,2-6H3,(H,26,31)/t15-,17?,18-,19?,20?,21?,23?/m1/s1. The lowest BCUT2D eigenvalue weighted by Gasteiger charge is -2.47. The second kappa shape index (κ2) is 14.2. The second-order valence-corrected chi connectivity index (χ2v) is 8.02. The Morgan fingerprint density at radius 2 is 1.63 bits per heavy atom. The van der Waals surface area contributed by atoms with E-state index < -0.39 is 84.8 Å². The number of terminal acetylenes is 1. The first-order chi connectivity index (χ1) is 17.7. The molecular formula is C23H29F2NO12. The molecular weight excluding hydrogens is 520 g/mol. The fraction of sp³-hybridized carbons (Fsp3) is 0.652. The summed E-state index contributed by atoms with van der Waals surface area (Å²) in [4.78, 5) is 71.8. The smallest absolute Gasteiger partial charge is 0.375 e. The first kappa shape index (κ1) is 32.2. The summed E-state index contributed by atoms with van der Waals surface area (Å²) in [5.41, 5.74) is 0. The van der Waals surface area contributed by atoms with Crippen molar-refractivity contribution >= 4 is 35.8 Å². The second-order valence-electron chi connectivity index (χ2n) is 8.02.